The Balaban J connectivity index is 1.81. The summed E-state index contributed by atoms with van der Waals surface area (Å²) < 4.78 is 60.8. The molecule has 0 bridgehead atoms. The quantitative estimate of drug-likeness (QED) is 0.153. The molecular weight excluding hydrogens is 559 g/mol. The van der Waals surface area contributed by atoms with Crippen LogP contribution >= 0.6 is 11.6 Å². The Labute approximate surface area is 231 Å². The molecule has 0 spiro atoms. The van der Waals surface area contributed by atoms with Gasteiger partial charge in [-0.25, -0.2) is 5.43 Å². The SMILES string of the molecule is CCOc1ccc(C(=O)N/N=C/c2cc(Cl)c(Oc3ccc(C(F)(F)F)cc3[N+](=O)[O-])c(OC)c2)cc1OCC. The van der Waals surface area contributed by atoms with E-state index in [1.54, 1.807) is 19.1 Å². The molecule has 3 aromatic carbocycles. The zero-order chi connectivity index (χ0) is 29.4. The van der Waals surface area contributed by atoms with Gasteiger partial charge in [0.2, 0.25) is 5.75 Å². The number of nitro benzene ring substituents is 1. The van der Waals surface area contributed by atoms with Gasteiger partial charge in [0.25, 0.3) is 5.91 Å². The zero-order valence-corrected chi connectivity index (χ0v) is 22.1. The molecule has 0 aromatic heterocycles. The number of halogens is 4. The van der Waals surface area contributed by atoms with E-state index in [1.165, 1.54) is 31.5 Å². The maximum Gasteiger partial charge on any atom is 0.416 e. The number of nitrogens with one attached hydrogen (secondary N) is 1. The largest absolute Gasteiger partial charge is 0.493 e. The van der Waals surface area contributed by atoms with Crippen molar-refractivity contribution in [1.29, 1.82) is 0 Å². The van der Waals surface area contributed by atoms with Gasteiger partial charge in [-0.1, -0.05) is 11.6 Å². The highest BCUT2D eigenvalue weighted by Crippen LogP contribution is 2.43. The number of carbonyl (C=O) groups is 1. The van der Waals surface area contributed by atoms with Crippen molar-refractivity contribution in [3.8, 4) is 28.7 Å². The molecule has 0 fully saturated rings. The number of carbonyl (C=O) groups excluding carboxylic acids is 1. The van der Waals surface area contributed by atoms with Gasteiger partial charge in [0.1, 0.15) is 0 Å². The van der Waals surface area contributed by atoms with E-state index in [4.69, 9.17) is 30.5 Å². The zero-order valence-electron chi connectivity index (χ0n) is 21.4. The minimum atomic E-state index is -4.78. The van der Waals surface area contributed by atoms with Crippen molar-refractivity contribution in [1.82, 2.24) is 5.43 Å². The summed E-state index contributed by atoms with van der Waals surface area (Å²) in [6, 6.07) is 9.26. The first kappa shape index (κ1) is 30.0. The highest BCUT2D eigenvalue weighted by Gasteiger charge is 2.33. The predicted molar refractivity (Wildman–Crippen MR) is 140 cm³/mol. The summed E-state index contributed by atoms with van der Waals surface area (Å²) in [7, 11) is 1.27. The Bertz CT molecular complexity index is 1430. The molecule has 0 radical (unpaired) electrons. The van der Waals surface area contributed by atoms with E-state index >= 15 is 0 Å². The maximum absolute atomic E-state index is 13.0. The van der Waals surface area contributed by atoms with Crippen molar-refractivity contribution < 1.29 is 41.8 Å². The van der Waals surface area contributed by atoms with Crippen LogP contribution in [0.5, 0.6) is 28.7 Å². The van der Waals surface area contributed by atoms with E-state index in [0.717, 1.165) is 6.07 Å². The van der Waals surface area contributed by atoms with Crippen LogP contribution in [-0.4, -0.2) is 37.4 Å². The molecule has 40 heavy (non-hydrogen) atoms. The molecule has 0 saturated heterocycles. The Kier molecular flexibility index (Phi) is 9.78. The fourth-order valence-corrected chi connectivity index (χ4v) is 3.63. The van der Waals surface area contributed by atoms with E-state index in [-0.39, 0.29) is 22.1 Å². The summed E-state index contributed by atoms with van der Waals surface area (Å²) in [5, 5.41) is 15.2. The van der Waals surface area contributed by atoms with Crippen molar-refractivity contribution >= 4 is 29.4 Å². The van der Waals surface area contributed by atoms with E-state index < -0.39 is 34.0 Å². The van der Waals surface area contributed by atoms with E-state index in [2.05, 4.69) is 10.5 Å². The standard InChI is InChI=1S/C26H23ClF3N3O7/c1-4-38-21-8-6-16(12-22(21)39-5-2)25(34)32-31-14-15-10-18(27)24(23(11-15)37-3)40-20-9-7-17(26(28,29)30)13-19(20)33(35)36/h6-14H,4-5H2,1-3H3,(H,32,34)/b31-14+. The van der Waals surface area contributed by atoms with Gasteiger partial charge in [0, 0.05) is 11.6 Å². The number of benzene rings is 3. The average Bonchev–Trinajstić information content (AvgIpc) is 2.90. The molecule has 0 aliphatic heterocycles. The number of methoxy groups -OCH3 is 1. The summed E-state index contributed by atoms with van der Waals surface area (Å²) in [5.41, 5.74) is 0.856. The average molecular weight is 582 g/mol. The smallest absolute Gasteiger partial charge is 0.416 e. The molecule has 0 aliphatic rings. The van der Waals surface area contributed by atoms with Gasteiger partial charge in [0.15, 0.2) is 23.0 Å². The number of hydrogen-bond donors (Lipinski definition) is 1. The minimum absolute atomic E-state index is 0.00217. The Hall–Kier alpha value is -4.52. The van der Waals surface area contributed by atoms with Crippen LogP contribution in [-0.2, 0) is 6.18 Å². The molecule has 212 valence electrons. The fourth-order valence-electron chi connectivity index (χ4n) is 3.37. The molecule has 1 amide bonds. The number of alkyl halides is 3. The Morgan fingerprint density at radius 3 is 2.33 bits per heavy atom. The van der Waals surface area contributed by atoms with Gasteiger partial charge in [-0.3, -0.25) is 14.9 Å². The molecule has 3 rings (SSSR count). The molecule has 0 saturated carbocycles. The van der Waals surface area contributed by atoms with Crippen molar-refractivity contribution in [2.45, 2.75) is 20.0 Å². The lowest BCUT2D eigenvalue weighted by molar-refractivity contribution is -0.385. The predicted octanol–water partition coefficient (Wildman–Crippen LogP) is 6.63. The molecule has 14 heteroatoms. The summed E-state index contributed by atoms with van der Waals surface area (Å²) in [6.07, 6.45) is -3.53. The minimum Gasteiger partial charge on any atom is -0.493 e. The molecule has 3 aromatic rings. The van der Waals surface area contributed by atoms with Crippen LogP contribution in [0.2, 0.25) is 5.02 Å². The van der Waals surface area contributed by atoms with Crippen LogP contribution in [0, 0.1) is 10.1 Å². The molecule has 10 nitrogen and oxygen atoms in total. The van der Waals surface area contributed by atoms with Gasteiger partial charge in [-0.05, 0) is 61.9 Å². The summed E-state index contributed by atoms with van der Waals surface area (Å²) in [6.45, 7) is 4.42. The third kappa shape index (κ3) is 7.32. The fraction of sp³-hybridized carbons (Fsp3) is 0.231. The Morgan fingerprint density at radius 1 is 1.02 bits per heavy atom. The molecule has 1 N–H and O–H groups in total. The van der Waals surface area contributed by atoms with Crippen LogP contribution in [0.25, 0.3) is 0 Å². The van der Waals surface area contributed by atoms with E-state index in [0.29, 0.717) is 42.4 Å². The van der Waals surface area contributed by atoms with Crippen LogP contribution in [0.4, 0.5) is 18.9 Å². The monoisotopic (exact) mass is 581 g/mol. The molecule has 0 atom stereocenters. The van der Waals surface area contributed by atoms with Gasteiger partial charge in [-0.2, -0.15) is 18.3 Å². The number of ether oxygens (including phenoxy) is 4. The second-order valence-corrected chi connectivity index (χ2v) is 8.21. The highest BCUT2D eigenvalue weighted by molar-refractivity contribution is 6.32. The third-order valence-corrected chi connectivity index (χ3v) is 5.41. The summed E-state index contributed by atoms with van der Waals surface area (Å²) in [4.78, 5) is 22.9. The number of rotatable bonds is 11. The first-order valence-corrected chi connectivity index (χ1v) is 12.0. The van der Waals surface area contributed by atoms with E-state index in [1.807, 2.05) is 6.92 Å². The number of nitro groups is 1. The van der Waals surface area contributed by atoms with Gasteiger partial charge >= 0.3 is 11.9 Å². The topological polar surface area (TPSA) is 122 Å². The maximum atomic E-state index is 13.0. The van der Waals surface area contributed by atoms with Crippen molar-refractivity contribution in [2.24, 2.45) is 5.10 Å². The number of hydrazone groups is 1. The van der Waals surface area contributed by atoms with Crippen molar-refractivity contribution in [3.05, 3.63) is 80.4 Å². The van der Waals surface area contributed by atoms with Crippen LogP contribution < -0.4 is 24.4 Å². The summed E-state index contributed by atoms with van der Waals surface area (Å²) >= 11 is 6.29. The second kappa shape index (κ2) is 13.0. The molecular formula is C26H23ClF3N3O7. The third-order valence-electron chi connectivity index (χ3n) is 5.13. The van der Waals surface area contributed by atoms with Gasteiger partial charge < -0.3 is 18.9 Å². The van der Waals surface area contributed by atoms with Gasteiger partial charge in [-0.15, -0.1) is 0 Å². The second-order valence-electron chi connectivity index (χ2n) is 7.80. The number of amides is 1. The molecule has 0 heterocycles. The van der Waals surface area contributed by atoms with Crippen molar-refractivity contribution in [3.63, 3.8) is 0 Å². The molecule has 0 unspecified atom stereocenters. The number of nitrogens with zero attached hydrogens (tertiary/aromatic N) is 2. The summed E-state index contributed by atoms with van der Waals surface area (Å²) in [5.74, 6) is -0.286. The van der Waals surface area contributed by atoms with Gasteiger partial charge in [0.05, 0.1) is 42.0 Å². The van der Waals surface area contributed by atoms with Crippen LogP contribution in [0.15, 0.2) is 53.6 Å². The van der Waals surface area contributed by atoms with Crippen LogP contribution in [0.3, 0.4) is 0 Å². The highest BCUT2D eigenvalue weighted by atomic mass is 35.5. The van der Waals surface area contributed by atoms with Crippen LogP contribution in [0.1, 0.15) is 35.3 Å². The lowest BCUT2D eigenvalue weighted by Gasteiger charge is -2.14. The lowest BCUT2D eigenvalue weighted by Crippen LogP contribution is -2.17. The first-order chi connectivity index (χ1) is 19.0. The lowest BCUT2D eigenvalue weighted by atomic mass is 10.1. The first-order valence-electron chi connectivity index (χ1n) is 11.6. The normalized spacial score (nSPS) is 11.3. The van der Waals surface area contributed by atoms with E-state index in [9.17, 15) is 28.1 Å². The van der Waals surface area contributed by atoms with Crippen molar-refractivity contribution in [2.75, 3.05) is 20.3 Å². The molecule has 0 aliphatic carbocycles. The Morgan fingerprint density at radius 2 is 1.70 bits per heavy atom. The number of hydrogen-bond acceptors (Lipinski definition) is 8.